The molecule has 1 aromatic rings. The third kappa shape index (κ3) is 4.72. The molecule has 30 heavy (non-hydrogen) atoms. The highest BCUT2D eigenvalue weighted by atomic mass is 31.0. The van der Waals surface area contributed by atoms with Crippen molar-refractivity contribution in [3.05, 3.63) is 35.5 Å². The molecule has 1 unspecified atom stereocenters. The van der Waals surface area contributed by atoms with Gasteiger partial charge in [-0.3, -0.25) is 4.79 Å². The molecule has 1 amide bonds. The fourth-order valence-corrected chi connectivity index (χ4v) is 6.50. The molecule has 1 aromatic carbocycles. The van der Waals surface area contributed by atoms with Crippen LogP contribution in [0, 0.1) is 5.92 Å². The lowest BCUT2D eigenvalue weighted by Gasteiger charge is -2.47. The van der Waals surface area contributed by atoms with Crippen LogP contribution in [0.5, 0.6) is 5.75 Å². The van der Waals surface area contributed by atoms with Gasteiger partial charge in [0.2, 0.25) is 14.2 Å². The first-order valence-electron chi connectivity index (χ1n) is 10.3. The second kappa shape index (κ2) is 8.22. The second-order valence-corrected chi connectivity index (χ2v) is 19.0. The molecule has 9 heteroatoms. The van der Waals surface area contributed by atoms with Gasteiger partial charge in [-0.05, 0) is 75.9 Å². The highest BCUT2D eigenvalue weighted by molar-refractivity contribution is 7.10. The molecule has 2 aliphatic rings. The lowest BCUT2D eigenvalue weighted by Crippen LogP contribution is -2.63. The second-order valence-electron chi connectivity index (χ2n) is 9.92. The van der Waals surface area contributed by atoms with Gasteiger partial charge in [-0.25, -0.2) is 4.79 Å². The number of carbonyl (C=O) groups is 2. The van der Waals surface area contributed by atoms with Gasteiger partial charge in [-0.15, -0.1) is 0 Å². The molecule has 3 rings (SSSR count). The van der Waals surface area contributed by atoms with E-state index < -0.39 is 22.6 Å². The van der Waals surface area contributed by atoms with Gasteiger partial charge in [0, 0.05) is 0 Å². The van der Waals surface area contributed by atoms with Crippen LogP contribution in [0.15, 0.2) is 30.0 Å². The molecule has 0 bridgehead atoms. The summed E-state index contributed by atoms with van der Waals surface area (Å²) >= 11 is 0. The zero-order valence-corrected chi connectivity index (χ0v) is 22.0. The van der Waals surface area contributed by atoms with Crippen molar-refractivity contribution in [3.63, 3.8) is 0 Å². The molecule has 2 heterocycles. The summed E-state index contributed by atoms with van der Waals surface area (Å²) < 4.78 is 17.3. The van der Waals surface area contributed by atoms with E-state index in [-0.39, 0.29) is 24.0 Å². The third-order valence-electron chi connectivity index (χ3n) is 5.16. The quantitative estimate of drug-likeness (QED) is 0.339. The molecule has 0 saturated carbocycles. The lowest BCUT2D eigenvalue weighted by molar-refractivity contribution is -0.159. The van der Waals surface area contributed by atoms with Crippen LogP contribution >= 0.6 is 9.47 Å². The summed E-state index contributed by atoms with van der Waals surface area (Å²) in [4.78, 5) is 27.2. The smallest absolute Gasteiger partial charge is 0.357 e. The largest absolute Gasteiger partial charge is 0.544 e. The Hall–Kier alpha value is -1.48. The maximum absolute atomic E-state index is 13.0. The molecule has 0 N–H and O–H groups in total. The molecular formula is C21H32NO5PSi2. The molecule has 4 atom stereocenters. The fourth-order valence-electron chi connectivity index (χ4n) is 4.29. The van der Waals surface area contributed by atoms with Gasteiger partial charge >= 0.3 is 5.97 Å². The summed E-state index contributed by atoms with van der Waals surface area (Å²) in [7, 11) is -1.56. The first kappa shape index (κ1) is 23.2. The number of benzene rings is 1. The van der Waals surface area contributed by atoms with E-state index in [1.165, 1.54) is 0 Å². The van der Waals surface area contributed by atoms with Crippen LogP contribution in [0.3, 0.4) is 0 Å². The Morgan fingerprint density at radius 2 is 1.83 bits per heavy atom. The van der Waals surface area contributed by atoms with Crippen molar-refractivity contribution in [3.8, 4) is 5.75 Å². The SMILES string of the molecule is C[C@@H](O[Si](C)(C)C)[C@H]1C(=O)N2C(C(=O)OP)=C(c3cccc(O[Si](C)(C)C)c3)C[C@H]12. The third-order valence-corrected chi connectivity index (χ3v) is 7.30. The summed E-state index contributed by atoms with van der Waals surface area (Å²) in [5.74, 6) is -0.0477. The number of carbonyl (C=O) groups excluding carboxylic acids is 2. The van der Waals surface area contributed by atoms with Crippen molar-refractivity contribution in [2.24, 2.45) is 5.92 Å². The average Bonchev–Trinajstić information content (AvgIpc) is 2.93. The van der Waals surface area contributed by atoms with E-state index in [1.54, 1.807) is 4.90 Å². The zero-order chi connectivity index (χ0) is 22.4. The van der Waals surface area contributed by atoms with Crippen LogP contribution in [0.25, 0.3) is 5.57 Å². The van der Waals surface area contributed by atoms with Gasteiger partial charge in [-0.1, -0.05) is 12.1 Å². The Bertz CT molecular complexity index is 890. The summed E-state index contributed by atoms with van der Waals surface area (Å²) in [5, 5.41) is 0. The van der Waals surface area contributed by atoms with E-state index in [4.69, 9.17) is 13.4 Å². The number of amides is 1. The van der Waals surface area contributed by atoms with Gasteiger partial charge in [0.15, 0.2) is 8.32 Å². The van der Waals surface area contributed by atoms with Crippen molar-refractivity contribution >= 4 is 43.6 Å². The molecule has 0 aromatic heterocycles. The van der Waals surface area contributed by atoms with E-state index in [0.717, 1.165) is 16.9 Å². The summed E-state index contributed by atoms with van der Waals surface area (Å²) in [6, 6.07) is 7.68. The predicted octanol–water partition coefficient (Wildman–Crippen LogP) is 4.42. The molecule has 0 spiro atoms. The van der Waals surface area contributed by atoms with E-state index in [0.29, 0.717) is 12.1 Å². The van der Waals surface area contributed by atoms with Crippen molar-refractivity contribution < 1.29 is 23.0 Å². The minimum Gasteiger partial charge on any atom is -0.544 e. The van der Waals surface area contributed by atoms with E-state index in [9.17, 15) is 9.59 Å². The minimum atomic E-state index is -1.79. The molecule has 164 valence electrons. The Kier molecular flexibility index (Phi) is 6.36. The number of hydrogen-bond donors (Lipinski definition) is 0. The fraction of sp³-hybridized carbons (Fsp3) is 0.524. The predicted molar refractivity (Wildman–Crippen MR) is 126 cm³/mol. The first-order chi connectivity index (χ1) is 13.8. The molecule has 6 nitrogen and oxygen atoms in total. The van der Waals surface area contributed by atoms with Crippen LogP contribution in [-0.2, 0) is 18.5 Å². The van der Waals surface area contributed by atoms with Crippen molar-refractivity contribution in [2.45, 2.75) is 64.8 Å². The van der Waals surface area contributed by atoms with Gasteiger partial charge in [0.1, 0.15) is 11.4 Å². The standard InChI is InChI=1S/C21H32NO5PSi2/c1-13(26-29(2,3)4)18-17-12-16(19(21(24)25-28)22(17)20(18)23)14-9-8-10-15(11-14)27-30(5,6)7/h8-11,13,17-18H,12,28H2,1-7H3/t13-,17-,18-/m1/s1. The van der Waals surface area contributed by atoms with E-state index in [1.807, 2.05) is 40.7 Å². The van der Waals surface area contributed by atoms with Crippen molar-refractivity contribution in [1.29, 1.82) is 0 Å². The Balaban J connectivity index is 1.94. The van der Waals surface area contributed by atoms with Crippen LogP contribution in [0.4, 0.5) is 0 Å². The maximum atomic E-state index is 13.0. The van der Waals surface area contributed by atoms with Crippen molar-refractivity contribution in [2.75, 3.05) is 0 Å². The van der Waals surface area contributed by atoms with Gasteiger partial charge in [-0.2, -0.15) is 0 Å². The van der Waals surface area contributed by atoms with Gasteiger partial charge in [0.25, 0.3) is 0 Å². The van der Waals surface area contributed by atoms with Crippen LogP contribution in [0.1, 0.15) is 18.9 Å². The molecule has 2 aliphatic heterocycles. The molecule has 1 fully saturated rings. The minimum absolute atomic E-state index is 0.0688. The van der Waals surface area contributed by atoms with Crippen LogP contribution < -0.4 is 4.43 Å². The number of hydrogen-bond acceptors (Lipinski definition) is 5. The Labute approximate surface area is 183 Å². The molecule has 1 saturated heterocycles. The molecule has 0 radical (unpaired) electrons. The zero-order valence-electron chi connectivity index (χ0n) is 18.8. The summed E-state index contributed by atoms with van der Waals surface area (Å²) in [6.45, 7) is 14.7. The van der Waals surface area contributed by atoms with Crippen molar-refractivity contribution in [1.82, 2.24) is 4.90 Å². The number of rotatable bonds is 7. The Morgan fingerprint density at radius 3 is 2.40 bits per heavy atom. The molecular weight excluding hydrogens is 433 g/mol. The lowest BCUT2D eigenvalue weighted by atomic mass is 9.82. The normalized spacial score (nSPS) is 22.5. The molecule has 0 aliphatic carbocycles. The van der Waals surface area contributed by atoms with E-state index in [2.05, 4.69) is 39.3 Å². The maximum Gasteiger partial charge on any atom is 0.357 e. The number of fused-ring (bicyclic) bond motifs is 1. The Morgan fingerprint density at radius 1 is 1.17 bits per heavy atom. The highest BCUT2D eigenvalue weighted by Crippen LogP contribution is 2.48. The monoisotopic (exact) mass is 465 g/mol. The van der Waals surface area contributed by atoms with Crippen LogP contribution in [0.2, 0.25) is 39.3 Å². The first-order valence-corrected chi connectivity index (χ1v) is 17.6. The average molecular weight is 466 g/mol. The highest BCUT2D eigenvalue weighted by Gasteiger charge is 2.57. The van der Waals surface area contributed by atoms with E-state index >= 15 is 0 Å². The van der Waals surface area contributed by atoms with Gasteiger partial charge in [0.05, 0.1) is 27.5 Å². The van der Waals surface area contributed by atoms with Gasteiger partial charge < -0.3 is 18.3 Å². The summed E-state index contributed by atoms with van der Waals surface area (Å²) in [6.07, 6.45) is 0.418. The topological polar surface area (TPSA) is 65.1 Å². The van der Waals surface area contributed by atoms with Crippen LogP contribution in [-0.4, -0.2) is 45.6 Å². The number of β-lactam (4-membered cyclic amide) rings is 1. The number of nitrogens with zero attached hydrogens (tertiary/aromatic N) is 1. The summed E-state index contributed by atoms with van der Waals surface area (Å²) in [5.41, 5.74) is 2.04.